The number of phenols is 1. The summed E-state index contributed by atoms with van der Waals surface area (Å²) in [6.45, 7) is 2.63. The Morgan fingerprint density at radius 3 is 2.71 bits per heavy atom. The van der Waals surface area contributed by atoms with Crippen molar-refractivity contribution < 1.29 is 14.6 Å². The zero-order valence-electron chi connectivity index (χ0n) is 12.7. The monoisotopic (exact) mass is 292 g/mol. The minimum atomic E-state index is -0.362. The standard InChI is InChI=1S/C16H24N2O3/c1-11-5-7-16(10-17,8-6-11)18-15(20)13-9-12(21-2)3-4-14(13)19/h3-4,9,11,19H,5-8,10,17H2,1-2H3,(H,18,20). The Morgan fingerprint density at radius 1 is 1.48 bits per heavy atom. The van der Waals surface area contributed by atoms with Gasteiger partial charge < -0.3 is 20.9 Å². The van der Waals surface area contributed by atoms with E-state index in [0.29, 0.717) is 18.2 Å². The number of carbonyl (C=O) groups is 1. The smallest absolute Gasteiger partial charge is 0.255 e. The van der Waals surface area contributed by atoms with E-state index in [1.165, 1.54) is 13.2 Å². The highest BCUT2D eigenvalue weighted by molar-refractivity contribution is 5.97. The van der Waals surface area contributed by atoms with Gasteiger partial charge in [0, 0.05) is 6.54 Å². The first kappa shape index (κ1) is 15.6. The van der Waals surface area contributed by atoms with Crippen LogP contribution in [0.2, 0.25) is 0 Å². The van der Waals surface area contributed by atoms with Gasteiger partial charge in [0.1, 0.15) is 11.5 Å². The molecule has 1 aromatic rings. The Hall–Kier alpha value is -1.75. The van der Waals surface area contributed by atoms with Crippen LogP contribution in [0, 0.1) is 5.92 Å². The van der Waals surface area contributed by atoms with E-state index in [0.717, 1.165) is 25.7 Å². The van der Waals surface area contributed by atoms with E-state index >= 15 is 0 Å². The van der Waals surface area contributed by atoms with Gasteiger partial charge in [-0.05, 0) is 49.8 Å². The number of nitrogens with two attached hydrogens (primary N) is 1. The first-order valence-electron chi connectivity index (χ1n) is 7.39. The number of ether oxygens (including phenoxy) is 1. The molecule has 1 saturated carbocycles. The largest absolute Gasteiger partial charge is 0.507 e. The van der Waals surface area contributed by atoms with Crippen molar-refractivity contribution in [1.29, 1.82) is 0 Å². The van der Waals surface area contributed by atoms with Crippen LogP contribution < -0.4 is 15.8 Å². The Kier molecular flexibility index (Phi) is 4.73. The first-order valence-corrected chi connectivity index (χ1v) is 7.39. The Morgan fingerprint density at radius 2 is 2.14 bits per heavy atom. The summed E-state index contributed by atoms with van der Waals surface area (Å²) in [5, 5.41) is 12.9. The van der Waals surface area contributed by atoms with E-state index in [9.17, 15) is 9.90 Å². The molecule has 116 valence electrons. The number of phenolic OH excluding ortho intramolecular Hbond substituents is 1. The molecular formula is C16H24N2O3. The fourth-order valence-corrected chi connectivity index (χ4v) is 2.83. The van der Waals surface area contributed by atoms with E-state index in [-0.39, 0.29) is 22.8 Å². The zero-order chi connectivity index (χ0) is 15.5. The number of methoxy groups -OCH3 is 1. The van der Waals surface area contributed by atoms with Crippen LogP contribution in [0.4, 0.5) is 0 Å². The van der Waals surface area contributed by atoms with Crippen LogP contribution in [0.25, 0.3) is 0 Å². The van der Waals surface area contributed by atoms with Crippen LogP contribution in [0.5, 0.6) is 11.5 Å². The molecule has 0 spiro atoms. The average Bonchev–Trinajstić information content (AvgIpc) is 2.50. The molecule has 0 saturated heterocycles. The maximum absolute atomic E-state index is 12.5. The quantitative estimate of drug-likeness (QED) is 0.793. The predicted octanol–water partition coefficient (Wildman–Crippen LogP) is 2.04. The predicted molar refractivity (Wildman–Crippen MR) is 81.5 cm³/mol. The molecule has 0 atom stereocenters. The fraction of sp³-hybridized carbons (Fsp3) is 0.562. The molecule has 0 aliphatic heterocycles. The molecule has 1 fully saturated rings. The Balaban J connectivity index is 2.16. The summed E-state index contributed by atoms with van der Waals surface area (Å²) in [5.41, 5.74) is 5.76. The summed E-state index contributed by atoms with van der Waals surface area (Å²) in [4.78, 5) is 12.5. The lowest BCUT2D eigenvalue weighted by Gasteiger charge is -2.39. The summed E-state index contributed by atoms with van der Waals surface area (Å²) in [6.07, 6.45) is 3.87. The lowest BCUT2D eigenvalue weighted by atomic mass is 9.77. The highest BCUT2D eigenvalue weighted by atomic mass is 16.5. The second-order valence-electron chi connectivity index (χ2n) is 6.00. The minimum Gasteiger partial charge on any atom is -0.507 e. The van der Waals surface area contributed by atoms with E-state index < -0.39 is 0 Å². The molecule has 0 radical (unpaired) electrons. The van der Waals surface area contributed by atoms with Gasteiger partial charge in [0.05, 0.1) is 18.2 Å². The maximum Gasteiger partial charge on any atom is 0.255 e. The third kappa shape index (κ3) is 3.47. The van der Waals surface area contributed by atoms with Crippen LogP contribution in [-0.4, -0.2) is 30.2 Å². The van der Waals surface area contributed by atoms with E-state index in [4.69, 9.17) is 10.5 Å². The number of benzene rings is 1. The minimum absolute atomic E-state index is 0.0513. The fourth-order valence-electron chi connectivity index (χ4n) is 2.83. The molecule has 1 aromatic carbocycles. The van der Waals surface area contributed by atoms with Gasteiger partial charge in [-0.25, -0.2) is 0 Å². The third-order valence-electron chi connectivity index (χ3n) is 4.45. The van der Waals surface area contributed by atoms with Gasteiger partial charge in [0.2, 0.25) is 0 Å². The van der Waals surface area contributed by atoms with E-state index in [1.807, 2.05) is 0 Å². The highest BCUT2D eigenvalue weighted by Crippen LogP contribution is 2.32. The van der Waals surface area contributed by atoms with Gasteiger partial charge in [-0.15, -0.1) is 0 Å². The molecule has 4 N–H and O–H groups in total. The van der Waals surface area contributed by atoms with Gasteiger partial charge in [-0.2, -0.15) is 0 Å². The number of rotatable bonds is 4. The van der Waals surface area contributed by atoms with Crippen molar-refractivity contribution in [3.8, 4) is 11.5 Å². The maximum atomic E-state index is 12.5. The SMILES string of the molecule is COc1ccc(O)c(C(=O)NC2(CN)CCC(C)CC2)c1. The van der Waals surface area contributed by atoms with Crippen molar-refractivity contribution in [3.05, 3.63) is 23.8 Å². The van der Waals surface area contributed by atoms with Crippen molar-refractivity contribution in [3.63, 3.8) is 0 Å². The number of aromatic hydroxyl groups is 1. The summed E-state index contributed by atoms with van der Waals surface area (Å²) in [6, 6.07) is 4.62. The zero-order valence-corrected chi connectivity index (χ0v) is 12.7. The molecule has 1 aliphatic rings. The number of amides is 1. The summed E-state index contributed by atoms with van der Waals surface area (Å²) >= 11 is 0. The Labute approximate surface area is 125 Å². The normalized spacial score (nSPS) is 25.4. The second kappa shape index (κ2) is 6.35. The molecule has 0 bridgehead atoms. The molecule has 21 heavy (non-hydrogen) atoms. The van der Waals surface area contributed by atoms with Crippen molar-refractivity contribution in [2.24, 2.45) is 11.7 Å². The number of carbonyl (C=O) groups excluding carboxylic acids is 1. The first-order chi connectivity index (χ1) is 9.99. The molecule has 5 nitrogen and oxygen atoms in total. The van der Waals surface area contributed by atoms with Gasteiger partial charge in [0.25, 0.3) is 5.91 Å². The molecule has 0 heterocycles. The molecule has 0 unspecified atom stereocenters. The van der Waals surface area contributed by atoms with Gasteiger partial charge in [-0.1, -0.05) is 6.92 Å². The highest BCUT2D eigenvalue weighted by Gasteiger charge is 2.35. The van der Waals surface area contributed by atoms with Crippen LogP contribution in [0.1, 0.15) is 43.0 Å². The average molecular weight is 292 g/mol. The lowest BCUT2D eigenvalue weighted by molar-refractivity contribution is 0.0857. The molecular weight excluding hydrogens is 268 g/mol. The van der Waals surface area contributed by atoms with Crippen LogP contribution in [-0.2, 0) is 0 Å². The summed E-state index contributed by atoms with van der Waals surface area (Å²) < 4.78 is 5.10. The van der Waals surface area contributed by atoms with Crippen molar-refractivity contribution >= 4 is 5.91 Å². The third-order valence-corrected chi connectivity index (χ3v) is 4.45. The van der Waals surface area contributed by atoms with Crippen LogP contribution in [0.15, 0.2) is 18.2 Å². The van der Waals surface area contributed by atoms with Crippen molar-refractivity contribution in [2.45, 2.75) is 38.1 Å². The van der Waals surface area contributed by atoms with E-state index in [1.54, 1.807) is 12.1 Å². The van der Waals surface area contributed by atoms with Crippen molar-refractivity contribution in [1.82, 2.24) is 5.32 Å². The number of nitrogens with one attached hydrogen (secondary N) is 1. The molecule has 0 aromatic heterocycles. The molecule has 2 rings (SSSR count). The van der Waals surface area contributed by atoms with Crippen molar-refractivity contribution in [2.75, 3.05) is 13.7 Å². The number of hydrogen-bond donors (Lipinski definition) is 3. The van der Waals surface area contributed by atoms with E-state index in [2.05, 4.69) is 12.2 Å². The molecule has 1 amide bonds. The van der Waals surface area contributed by atoms with Gasteiger partial charge >= 0.3 is 0 Å². The topological polar surface area (TPSA) is 84.6 Å². The van der Waals surface area contributed by atoms with Gasteiger partial charge in [-0.3, -0.25) is 4.79 Å². The summed E-state index contributed by atoms with van der Waals surface area (Å²) in [5.74, 6) is 0.861. The lowest BCUT2D eigenvalue weighted by Crippen LogP contribution is -2.55. The van der Waals surface area contributed by atoms with Gasteiger partial charge in [0.15, 0.2) is 0 Å². The number of hydrogen-bond acceptors (Lipinski definition) is 4. The molecule has 5 heteroatoms. The van der Waals surface area contributed by atoms with Crippen LogP contribution >= 0.6 is 0 Å². The Bertz CT molecular complexity index is 508. The summed E-state index contributed by atoms with van der Waals surface area (Å²) in [7, 11) is 1.53. The second-order valence-corrected chi connectivity index (χ2v) is 6.00. The van der Waals surface area contributed by atoms with Crippen LogP contribution in [0.3, 0.4) is 0 Å². The molecule has 1 aliphatic carbocycles.